The molecule has 0 saturated carbocycles. The van der Waals surface area contributed by atoms with Gasteiger partial charge in [-0.15, -0.1) is 4.70 Å². The summed E-state index contributed by atoms with van der Waals surface area (Å²) in [6, 6.07) is 19.6. The Labute approximate surface area is 251 Å². The molecule has 0 amide bonds. The Balaban J connectivity index is 1.28. The number of aliphatic hydroxyl groups is 1. The van der Waals surface area contributed by atoms with E-state index < -0.39 is 41.0 Å². The molecule has 4 aromatic rings. The summed E-state index contributed by atoms with van der Waals surface area (Å²) in [6.45, 7) is 0.404. The van der Waals surface area contributed by atoms with E-state index in [4.69, 9.17) is 4.74 Å². The number of pyridine rings is 1. The van der Waals surface area contributed by atoms with E-state index in [-0.39, 0.29) is 0 Å². The van der Waals surface area contributed by atoms with Gasteiger partial charge in [0.15, 0.2) is 5.60 Å². The third-order valence-electron chi connectivity index (χ3n) is 6.82. The van der Waals surface area contributed by atoms with Gasteiger partial charge >= 0.3 is 5.92 Å². The molecule has 0 bridgehead atoms. The van der Waals surface area contributed by atoms with Gasteiger partial charge in [0.25, 0.3) is 6.34 Å². The number of alkyl halides is 2. The Hall–Kier alpha value is -4.92. The summed E-state index contributed by atoms with van der Waals surface area (Å²) in [6.07, 6.45) is 2.23. The summed E-state index contributed by atoms with van der Waals surface area (Å²) >= 11 is 0. The maximum absolute atomic E-state index is 15.8. The molecule has 1 aliphatic heterocycles. The molecule has 0 radical (unpaired) electrons. The molecule has 1 aromatic heterocycles. The lowest BCUT2D eigenvalue weighted by Gasteiger charge is -2.35. The number of nitrogens with zero attached hydrogens (tertiary/aromatic N) is 5. The highest BCUT2D eigenvalue weighted by Gasteiger charge is 2.59. The first-order chi connectivity index (χ1) is 21.0. The van der Waals surface area contributed by atoms with E-state index in [0.717, 1.165) is 47.5 Å². The molecule has 0 fully saturated rings. The summed E-state index contributed by atoms with van der Waals surface area (Å²) in [5.74, 6) is 0.0669. The van der Waals surface area contributed by atoms with Crippen molar-refractivity contribution in [2.75, 3.05) is 20.6 Å². The smallest absolute Gasteiger partial charge is 0.325 e. The van der Waals surface area contributed by atoms with Gasteiger partial charge in [0.2, 0.25) is 0 Å². The van der Waals surface area contributed by atoms with Crippen molar-refractivity contribution in [3.8, 4) is 17.6 Å². The Kier molecular flexibility index (Phi) is 8.85. The molecule has 1 N–H and O–H groups in total. The van der Waals surface area contributed by atoms with Gasteiger partial charge in [0.05, 0.1) is 5.22 Å². The van der Waals surface area contributed by atoms with Crippen molar-refractivity contribution in [2.24, 2.45) is 10.3 Å². The van der Waals surface area contributed by atoms with Crippen molar-refractivity contribution < 1.29 is 32.1 Å². The van der Waals surface area contributed by atoms with E-state index in [0.29, 0.717) is 29.5 Å². The van der Waals surface area contributed by atoms with Crippen LogP contribution in [0.25, 0.3) is 0 Å². The van der Waals surface area contributed by atoms with Crippen LogP contribution < -0.4 is 4.74 Å². The predicted octanol–water partition coefficient (Wildman–Crippen LogP) is 5.80. The topological polar surface area (TPSA) is 73.3 Å². The molecule has 3 aromatic carbocycles. The van der Waals surface area contributed by atoms with Crippen LogP contribution in [0.3, 0.4) is 0 Å². The standard InChI is InChI=1S/C33H28F4N5O2/c1-41(2)19-25-4-3-5-26(16-25)20-44-28-12-8-23(9-13-28)6-7-24-10-15-31(38-18-24)33(36,37)32(43,21-42-22-39-40-42)29-14-11-27(34)17-30(29)35/h3-5,8-18,22,43H,19-21H2,1-2H3/q+1. The molecule has 1 unspecified atom stereocenters. The lowest BCUT2D eigenvalue weighted by molar-refractivity contribution is -0.527. The number of hydrogen-bond donors (Lipinski definition) is 1. The van der Waals surface area contributed by atoms with Crippen LogP contribution in [0.5, 0.6) is 5.75 Å². The fraction of sp³-hybridized carbons (Fsp3) is 0.212. The zero-order valence-electron chi connectivity index (χ0n) is 23.9. The highest BCUT2D eigenvalue weighted by molar-refractivity contribution is 5.46. The minimum absolute atomic E-state index is 0.337. The number of aromatic nitrogens is 1. The number of β-amino-alcohol motifs (C(OH)–C–C–N with tert-alkyl or cyclic N) is 1. The van der Waals surface area contributed by atoms with Crippen LogP contribution in [-0.4, -0.2) is 46.7 Å². The van der Waals surface area contributed by atoms with Crippen LogP contribution in [0.4, 0.5) is 17.6 Å². The fourth-order valence-corrected chi connectivity index (χ4v) is 4.60. The number of benzene rings is 3. The summed E-state index contributed by atoms with van der Waals surface area (Å²) in [4.78, 5) is 5.92. The van der Waals surface area contributed by atoms with Crippen molar-refractivity contribution in [2.45, 2.75) is 24.7 Å². The second-order valence-electron chi connectivity index (χ2n) is 10.5. The Bertz CT molecular complexity index is 1760. The van der Waals surface area contributed by atoms with E-state index in [2.05, 4.69) is 44.2 Å². The van der Waals surface area contributed by atoms with Crippen LogP contribution in [0.1, 0.15) is 33.5 Å². The Morgan fingerprint density at radius 3 is 2.25 bits per heavy atom. The first-order valence-corrected chi connectivity index (χ1v) is 13.5. The third-order valence-corrected chi connectivity index (χ3v) is 6.82. The molecule has 0 aliphatic carbocycles. The van der Waals surface area contributed by atoms with Gasteiger partial charge in [-0.2, -0.15) is 8.78 Å². The Morgan fingerprint density at radius 2 is 1.61 bits per heavy atom. The van der Waals surface area contributed by atoms with Crippen LogP contribution in [0.2, 0.25) is 0 Å². The van der Waals surface area contributed by atoms with Gasteiger partial charge in [-0.3, -0.25) is 4.98 Å². The highest BCUT2D eigenvalue weighted by atomic mass is 19.3. The third kappa shape index (κ3) is 6.83. The van der Waals surface area contributed by atoms with Crippen molar-refractivity contribution >= 4 is 6.34 Å². The second-order valence-corrected chi connectivity index (χ2v) is 10.5. The zero-order chi connectivity index (χ0) is 31.3. The van der Waals surface area contributed by atoms with Crippen molar-refractivity contribution in [3.63, 3.8) is 0 Å². The lowest BCUT2D eigenvalue weighted by atomic mass is 9.84. The van der Waals surface area contributed by atoms with Gasteiger partial charge in [-0.05, 0) is 73.8 Å². The quantitative estimate of drug-likeness (QED) is 0.142. The van der Waals surface area contributed by atoms with Crippen molar-refractivity contribution in [3.05, 3.63) is 130 Å². The first-order valence-electron chi connectivity index (χ1n) is 13.5. The van der Waals surface area contributed by atoms with Crippen LogP contribution in [-0.2, 0) is 24.7 Å². The van der Waals surface area contributed by atoms with Crippen molar-refractivity contribution in [1.82, 2.24) is 9.88 Å². The zero-order valence-corrected chi connectivity index (χ0v) is 23.9. The summed E-state index contributed by atoms with van der Waals surface area (Å²) in [5.41, 5.74) is -1.54. The van der Waals surface area contributed by atoms with Crippen molar-refractivity contribution in [1.29, 1.82) is 0 Å². The predicted molar refractivity (Wildman–Crippen MR) is 155 cm³/mol. The first kappa shape index (κ1) is 30.5. The monoisotopic (exact) mass is 602 g/mol. The summed E-state index contributed by atoms with van der Waals surface area (Å²) < 4.78 is 66.6. The van der Waals surface area contributed by atoms with Gasteiger partial charge in [0, 0.05) is 40.6 Å². The number of hydrogen-bond acceptors (Lipinski definition) is 6. The van der Waals surface area contributed by atoms with E-state index in [1.54, 1.807) is 24.3 Å². The Morgan fingerprint density at radius 1 is 0.909 bits per heavy atom. The summed E-state index contributed by atoms with van der Waals surface area (Å²) in [5, 5.41) is 18.2. The molecule has 1 aliphatic rings. The average Bonchev–Trinajstić information content (AvgIpc) is 2.97. The SMILES string of the molecule is CN(C)Cc1cccc(COc2ccc(C#Cc3ccc(C(F)(F)C(O)(C[N+]4=NN=C4)c4ccc(F)cc4F)nc3)cc2)c1. The van der Waals surface area contributed by atoms with Crippen LogP contribution in [0, 0.1) is 23.5 Å². The highest BCUT2D eigenvalue weighted by Crippen LogP contribution is 2.46. The van der Waals surface area contributed by atoms with Gasteiger partial charge < -0.3 is 14.7 Å². The molecule has 0 saturated heterocycles. The fourth-order valence-electron chi connectivity index (χ4n) is 4.60. The maximum atomic E-state index is 15.8. The summed E-state index contributed by atoms with van der Waals surface area (Å²) in [7, 11) is 4.03. The maximum Gasteiger partial charge on any atom is 0.325 e. The van der Waals surface area contributed by atoms with Crippen LogP contribution in [0.15, 0.2) is 95.4 Å². The average molecular weight is 603 g/mol. The van der Waals surface area contributed by atoms with E-state index in [9.17, 15) is 13.9 Å². The lowest BCUT2D eigenvalue weighted by Crippen LogP contribution is -2.50. The molecule has 11 heteroatoms. The largest absolute Gasteiger partial charge is 0.489 e. The minimum atomic E-state index is -4.11. The molecule has 5 rings (SSSR count). The van der Waals surface area contributed by atoms with E-state index >= 15 is 8.78 Å². The van der Waals surface area contributed by atoms with Gasteiger partial charge in [0.1, 0.15) is 36.2 Å². The molecule has 0 spiro atoms. The molecule has 1 atom stereocenters. The molecule has 2 heterocycles. The second kappa shape index (κ2) is 12.8. The molecule has 7 nitrogen and oxygen atoms in total. The molecular weight excluding hydrogens is 574 g/mol. The number of halogens is 4. The van der Waals surface area contributed by atoms with Crippen LogP contribution >= 0.6 is 0 Å². The van der Waals surface area contributed by atoms with Gasteiger partial charge in [-0.25, -0.2) is 8.78 Å². The number of ether oxygens (including phenoxy) is 1. The molecule has 44 heavy (non-hydrogen) atoms. The van der Waals surface area contributed by atoms with E-state index in [1.807, 2.05) is 26.2 Å². The number of rotatable bonds is 10. The molecule has 224 valence electrons. The minimum Gasteiger partial charge on any atom is -0.489 e. The molecular formula is C33H28F4N5O2+. The van der Waals surface area contributed by atoms with Gasteiger partial charge in [-0.1, -0.05) is 36.1 Å². The van der Waals surface area contributed by atoms with E-state index in [1.165, 1.54) is 11.6 Å². The normalized spacial score (nSPS) is 13.9.